The van der Waals surface area contributed by atoms with Gasteiger partial charge in [-0.2, -0.15) is 4.31 Å². The molecule has 0 radical (unpaired) electrons. The number of sulfonamides is 1. The number of imidazole rings is 1. The van der Waals surface area contributed by atoms with Crippen LogP contribution in [0.25, 0.3) is 5.65 Å². The zero-order chi connectivity index (χ0) is 14.3. The maximum atomic E-state index is 12.7. The molecule has 0 spiro atoms. The Bertz CT molecular complexity index is 777. The van der Waals surface area contributed by atoms with Crippen LogP contribution in [0.4, 0.5) is 0 Å². The SMILES string of the molecule is O=S1CCN(S(=O)(=O)c2c(Cl)nc3ccccn23)CC1. The van der Waals surface area contributed by atoms with E-state index in [4.69, 9.17) is 11.6 Å². The van der Waals surface area contributed by atoms with E-state index >= 15 is 0 Å². The zero-order valence-electron chi connectivity index (χ0n) is 10.4. The third-order valence-electron chi connectivity index (χ3n) is 3.17. The smallest absolute Gasteiger partial charge is 0.262 e. The minimum absolute atomic E-state index is 0.0255. The average Bonchev–Trinajstić information content (AvgIpc) is 2.75. The number of pyridine rings is 1. The van der Waals surface area contributed by atoms with Gasteiger partial charge >= 0.3 is 0 Å². The maximum absolute atomic E-state index is 12.7. The number of rotatable bonds is 2. The van der Waals surface area contributed by atoms with Crippen LogP contribution in [0, 0.1) is 0 Å². The molecule has 0 unspecified atom stereocenters. The number of fused-ring (bicyclic) bond motifs is 1. The molecule has 0 bridgehead atoms. The molecule has 0 amide bonds. The van der Waals surface area contributed by atoms with E-state index in [-0.39, 0.29) is 23.3 Å². The summed E-state index contributed by atoms with van der Waals surface area (Å²) >= 11 is 6.00. The van der Waals surface area contributed by atoms with Crippen LogP contribution in [0.15, 0.2) is 29.4 Å². The highest BCUT2D eigenvalue weighted by Crippen LogP contribution is 2.26. The highest BCUT2D eigenvalue weighted by Gasteiger charge is 2.33. The summed E-state index contributed by atoms with van der Waals surface area (Å²) in [6.07, 6.45) is 1.61. The average molecular weight is 334 g/mol. The number of aromatic nitrogens is 2. The van der Waals surface area contributed by atoms with E-state index in [0.717, 1.165) is 0 Å². The van der Waals surface area contributed by atoms with Gasteiger partial charge in [0.15, 0.2) is 10.2 Å². The van der Waals surface area contributed by atoms with Gasteiger partial charge in [-0.3, -0.25) is 8.61 Å². The molecule has 0 saturated carbocycles. The van der Waals surface area contributed by atoms with E-state index in [1.54, 1.807) is 24.4 Å². The lowest BCUT2D eigenvalue weighted by atomic mass is 10.5. The first kappa shape index (κ1) is 14.0. The standard InChI is InChI=1S/C11H12ClN3O3S2/c12-10-11(15-4-2-1-3-9(15)13-10)20(17,18)14-5-7-19(16)8-6-14/h1-4H,5-8H2. The Hall–Kier alpha value is -0.960. The van der Waals surface area contributed by atoms with Gasteiger partial charge in [0.25, 0.3) is 10.0 Å². The monoisotopic (exact) mass is 333 g/mol. The third kappa shape index (κ3) is 2.26. The van der Waals surface area contributed by atoms with Gasteiger partial charge in [-0.05, 0) is 12.1 Å². The lowest BCUT2D eigenvalue weighted by molar-refractivity contribution is 0.436. The lowest BCUT2D eigenvalue weighted by Crippen LogP contribution is -2.42. The first-order valence-corrected chi connectivity index (χ1v) is 9.28. The Kier molecular flexibility index (Phi) is 3.57. The summed E-state index contributed by atoms with van der Waals surface area (Å²) in [4.78, 5) is 4.05. The molecule has 0 aromatic carbocycles. The highest BCUT2D eigenvalue weighted by molar-refractivity contribution is 7.89. The van der Waals surface area contributed by atoms with Crippen molar-refractivity contribution in [1.82, 2.24) is 13.7 Å². The van der Waals surface area contributed by atoms with Gasteiger partial charge in [0, 0.05) is 41.6 Å². The minimum atomic E-state index is -3.73. The molecular formula is C11H12ClN3O3S2. The Morgan fingerprint density at radius 2 is 1.95 bits per heavy atom. The summed E-state index contributed by atoms with van der Waals surface area (Å²) in [7, 11) is -4.67. The van der Waals surface area contributed by atoms with Crippen molar-refractivity contribution in [3.63, 3.8) is 0 Å². The van der Waals surface area contributed by atoms with Gasteiger partial charge in [-0.15, -0.1) is 0 Å². The molecule has 2 aromatic rings. The molecule has 0 N–H and O–H groups in total. The zero-order valence-corrected chi connectivity index (χ0v) is 12.8. The van der Waals surface area contributed by atoms with Crippen LogP contribution in [0.1, 0.15) is 0 Å². The summed E-state index contributed by atoms with van der Waals surface area (Å²) in [6.45, 7) is 0.483. The summed E-state index contributed by atoms with van der Waals surface area (Å²) < 4.78 is 39.5. The molecule has 3 heterocycles. The van der Waals surface area contributed by atoms with Gasteiger partial charge in [-0.1, -0.05) is 17.7 Å². The van der Waals surface area contributed by atoms with Crippen molar-refractivity contribution < 1.29 is 12.6 Å². The molecule has 1 saturated heterocycles. The second-order valence-electron chi connectivity index (χ2n) is 4.39. The molecule has 20 heavy (non-hydrogen) atoms. The van der Waals surface area contributed by atoms with Crippen molar-refractivity contribution in [2.24, 2.45) is 0 Å². The second kappa shape index (κ2) is 5.10. The summed E-state index contributed by atoms with van der Waals surface area (Å²) in [5.74, 6) is 0.709. The first-order chi connectivity index (χ1) is 9.50. The maximum Gasteiger partial charge on any atom is 0.262 e. The number of nitrogens with zero attached hydrogens (tertiary/aromatic N) is 3. The molecule has 108 valence electrons. The summed E-state index contributed by atoms with van der Waals surface area (Å²) in [6, 6.07) is 5.17. The van der Waals surface area contributed by atoms with Crippen molar-refractivity contribution in [1.29, 1.82) is 0 Å². The van der Waals surface area contributed by atoms with Crippen molar-refractivity contribution in [2.75, 3.05) is 24.6 Å². The lowest BCUT2D eigenvalue weighted by Gasteiger charge is -2.25. The van der Waals surface area contributed by atoms with Crippen LogP contribution in [0.5, 0.6) is 0 Å². The largest absolute Gasteiger partial charge is 0.288 e. The minimum Gasteiger partial charge on any atom is -0.288 e. The molecule has 0 aliphatic carbocycles. The number of hydrogen-bond acceptors (Lipinski definition) is 4. The van der Waals surface area contributed by atoms with E-state index in [0.29, 0.717) is 17.2 Å². The van der Waals surface area contributed by atoms with Crippen molar-refractivity contribution in [2.45, 2.75) is 5.03 Å². The fourth-order valence-corrected chi connectivity index (χ4v) is 5.48. The van der Waals surface area contributed by atoms with Crippen LogP contribution in [0.2, 0.25) is 5.15 Å². The Morgan fingerprint density at radius 3 is 2.65 bits per heavy atom. The molecule has 1 fully saturated rings. The van der Waals surface area contributed by atoms with Crippen LogP contribution in [0.3, 0.4) is 0 Å². The molecule has 1 aliphatic heterocycles. The highest BCUT2D eigenvalue weighted by atomic mass is 35.5. The molecule has 6 nitrogen and oxygen atoms in total. The fourth-order valence-electron chi connectivity index (χ4n) is 2.16. The van der Waals surface area contributed by atoms with Crippen LogP contribution in [-0.4, -0.2) is 50.9 Å². The summed E-state index contributed by atoms with van der Waals surface area (Å²) in [5, 5.41) is -0.0645. The van der Waals surface area contributed by atoms with E-state index < -0.39 is 20.8 Å². The topological polar surface area (TPSA) is 71.8 Å². The molecule has 2 aromatic heterocycles. The second-order valence-corrected chi connectivity index (χ2v) is 8.30. The van der Waals surface area contributed by atoms with E-state index in [2.05, 4.69) is 4.98 Å². The Labute approximate surface area is 123 Å². The van der Waals surface area contributed by atoms with Gasteiger partial charge in [-0.25, -0.2) is 13.4 Å². The first-order valence-electron chi connectivity index (χ1n) is 5.98. The van der Waals surface area contributed by atoms with Crippen LogP contribution in [-0.2, 0) is 20.8 Å². The predicted molar refractivity (Wildman–Crippen MR) is 76.8 cm³/mol. The summed E-state index contributed by atoms with van der Waals surface area (Å²) in [5.41, 5.74) is 0.483. The molecule has 3 rings (SSSR count). The van der Waals surface area contributed by atoms with Crippen molar-refractivity contribution >= 4 is 38.1 Å². The third-order valence-corrected chi connectivity index (χ3v) is 6.74. The van der Waals surface area contributed by atoms with E-state index in [1.807, 2.05) is 0 Å². The quantitative estimate of drug-likeness (QED) is 0.812. The molecule has 1 aliphatic rings. The van der Waals surface area contributed by atoms with Crippen molar-refractivity contribution in [3.8, 4) is 0 Å². The molecule has 9 heteroatoms. The molecule has 0 atom stereocenters. The van der Waals surface area contributed by atoms with Gasteiger partial charge < -0.3 is 0 Å². The van der Waals surface area contributed by atoms with Gasteiger partial charge in [0.2, 0.25) is 0 Å². The predicted octanol–water partition coefficient (Wildman–Crippen LogP) is 0.741. The fraction of sp³-hybridized carbons (Fsp3) is 0.364. The molecular weight excluding hydrogens is 322 g/mol. The normalized spacial score (nSPS) is 18.6. The van der Waals surface area contributed by atoms with E-state index in [9.17, 15) is 12.6 Å². The number of hydrogen-bond donors (Lipinski definition) is 0. The van der Waals surface area contributed by atoms with E-state index in [1.165, 1.54) is 8.71 Å². The number of halogens is 1. The van der Waals surface area contributed by atoms with Gasteiger partial charge in [0.05, 0.1) is 0 Å². The Balaban J connectivity index is 2.10. The van der Waals surface area contributed by atoms with Gasteiger partial charge in [0.1, 0.15) is 5.65 Å². The van der Waals surface area contributed by atoms with Crippen LogP contribution < -0.4 is 0 Å². The Morgan fingerprint density at radius 1 is 1.25 bits per heavy atom. The van der Waals surface area contributed by atoms with Crippen molar-refractivity contribution in [3.05, 3.63) is 29.5 Å². The van der Waals surface area contributed by atoms with Crippen LogP contribution >= 0.6 is 11.6 Å².